The Hall–Kier alpha value is -3.15. The van der Waals surface area contributed by atoms with E-state index in [1.165, 1.54) is 5.56 Å². The first-order valence-electron chi connectivity index (χ1n) is 10.2. The molecule has 2 saturated heterocycles. The number of carbonyl (C=O) groups excluding carboxylic acids is 2. The van der Waals surface area contributed by atoms with Gasteiger partial charge in [0.25, 0.3) is 11.8 Å². The number of imidazole rings is 1. The summed E-state index contributed by atoms with van der Waals surface area (Å²) in [5.41, 5.74) is 3.61. The van der Waals surface area contributed by atoms with Gasteiger partial charge < -0.3 is 14.8 Å². The molecule has 2 fully saturated rings. The lowest BCUT2D eigenvalue weighted by atomic mass is 9.84. The summed E-state index contributed by atoms with van der Waals surface area (Å²) in [6, 6.07) is 13.6. The Balaban J connectivity index is 1.48. The summed E-state index contributed by atoms with van der Waals surface area (Å²) in [6.07, 6.45) is 4.83. The van der Waals surface area contributed by atoms with Crippen molar-refractivity contribution in [2.24, 2.45) is 0 Å². The number of hydrogen-bond donors (Lipinski definition) is 1. The van der Waals surface area contributed by atoms with E-state index in [0.717, 1.165) is 42.4 Å². The first-order chi connectivity index (χ1) is 14.1. The number of rotatable bonds is 2. The van der Waals surface area contributed by atoms with E-state index in [1.54, 1.807) is 6.33 Å². The van der Waals surface area contributed by atoms with Gasteiger partial charge in [-0.3, -0.25) is 9.59 Å². The van der Waals surface area contributed by atoms with Crippen LogP contribution in [-0.4, -0.2) is 45.3 Å². The highest BCUT2D eigenvalue weighted by Gasteiger charge is 2.53. The first kappa shape index (κ1) is 17.9. The van der Waals surface area contributed by atoms with E-state index in [4.69, 9.17) is 0 Å². The number of piperidine rings is 1. The summed E-state index contributed by atoms with van der Waals surface area (Å²) >= 11 is 0. The largest absolute Gasteiger partial charge is 0.345 e. The standard InChI is InChI=1S/C23H24N4O2/c1-16-4-7-18(8-5-16)26-12-2-10-23(22(26)29)11-3-13-27(23)21(28)17-6-9-19-20(14-17)25-15-24-19/h4-9,14-15H,2-3,10-13H2,1H3,(H,24,25). The molecule has 2 amide bonds. The highest BCUT2D eigenvalue weighted by molar-refractivity contribution is 6.06. The fourth-order valence-corrected chi connectivity index (χ4v) is 4.84. The minimum Gasteiger partial charge on any atom is -0.345 e. The van der Waals surface area contributed by atoms with Gasteiger partial charge in [0.15, 0.2) is 0 Å². The van der Waals surface area contributed by atoms with Gasteiger partial charge >= 0.3 is 0 Å². The van der Waals surface area contributed by atoms with Crippen molar-refractivity contribution < 1.29 is 9.59 Å². The van der Waals surface area contributed by atoms with Gasteiger partial charge in [-0.05, 0) is 62.9 Å². The van der Waals surface area contributed by atoms with Gasteiger partial charge in [0, 0.05) is 24.3 Å². The number of aromatic nitrogens is 2. The van der Waals surface area contributed by atoms with Gasteiger partial charge in [0.05, 0.1) is 17.4 Å². The summed E-state index contributed by atoms with van der Waals surface area (Å²) in [5.74, 6) is -0.0147. The molecule has 1 aromatic heterocycles. The zero-order valence-electron chi connectivity index (χ0n) is 16.5. The van der Waals surface area contributed by atoms with Crippen LogP contribution < -0.4 is 4.90 Å². The molecule has 6 heteroatoms. The van der Waals surface area contributed by atoms with Crippen molar-refractivity contribution in [3.63, 3.8) is 0 Å². The van der Waals surface area contributed by atoms with E-state index in [0.29, 0.717) is 18.7 Å². The number of fused-ring (bicyclic) bond motifs is 1. The predicted octanol–water partition coefficient (Wildman–Crippen LogP) is 3.67. The maximum absolute atomic E-state index is 13.7. The van der Waals surface area contributed by atoms with E-state index >= 15 is 0 Å². The van der Waals surface area contributed by atoms with Crippen LogP contribution in [0.5, 0.6) is 0 Å². The predicted molar refractivity (Wildman–Crippen MR) is 112 cm³/mol. The smallest absolute Gasteiger partial charge is 0.254 e. The Morgan fingerprint density at radius 2 is 1.83 bits per heavy atom. The van der Waals surface area contributed by atoms with Crippen LogP contribution in [0.15, 0.2) is 48.8 Å². The third-order valence-electron chi connectivity index (χ3n) is 6.36. The maximum Gasteiger partial charge on any atom is 0.254 e. The second-order valence-electron chi connectivity index (χ2n) is 8.12. The molecule has 148 valence electrons. The van der Waals surface area contributed by atoms with E-state index in [2.05, 4.69) is 9.97 Å². The number of H-pyrrole nitrogens is 1. The molecule has 2 aliphatic heterocycles. The number of nitrogens with zero attached hydrogens (tertiary/aromatic N) is 3. The lowest BCUT2D eigenvalue weighted by Crippen LogP contribution is -2.61. The molecule has 29 heavy (non-hydrogen) atoms. The van der Waals surface area contributed by atoms with Crippen molar-refractivity contribution in [2.75, 3.05) is 18.0 Å². The van der Waals surface area contributed by atoms with Crippen LogP contribution in [0, 0.1) is 6.92 Å². The van der Waals surface area contributed by atoms with Crippen molar-refractivity contribution in [1.29, 1.82) is 0 Å². The van der Waals surface area contributed by atoms with Crippen molar-refractivity contribution in [1.82, 2.24) is 14.9 Å². The first-order valence-corrected chi connectivity index (χ1v) is 10.2. The average Bonchev–Trinajstić information content (AvgIpc) is 3.37. The third kappa shape index (κ3) is 2.82. The molecule has 1 atom stereocenters. The molecule has 0 aliphatic carbocycles. The number of aromatic amines is 1. The number of likely N-dealkylation sites (tertiary alicyclic amines) is 1. The number of amides is 2. The fraction of sp³-hybridized carbons (Fsp3) is 0.348. The Morgan fingerprint density at radius 1 is 1.07 bits per heavy atom. The van der Waals surface area contributed by atoms with Crippen molar-refractivity contribution >= 4 is 28.5 Å². The lowest BCUT2D eigenvalue weighted by molar-refractivity contribution is -0.130. The molecule has 6 nitrogen and oxygen atoms in total. The second kappa shape index (κ2) is 6.72. The molecule has 0 saturated carbocycles. The van der Waals surface area contributed by atoms with Crippen LogP contribution in [0.3, 0.4) is 0 Å². The van der Waals surface area contributed by atoms with Gasteiger partial charge in [0.1, 0.15) is 5.54 Å². The van der Waals surface area contributed by atoms with E-state index in [1.807, 2.05) is 59.2 Å². The molecule has 1 unspecified atom stereocenters. The van der Waals surface area contributed by atoms with E-state index in [9.17, 15) is 9.59 Å². The van der Waals surface area contributed by atoms with Gasteiger partial charge in [-0.1, -0.05) is 17.7 Å². The van der Waals surface area contributed by atoms with Crippen LogP contribution >= 0.6 is 0 Å². The molecular weight excluding hydrogens is 364 g/mol. The lowest BCUT2D eigenvalue weighted by Gasteiger charge is -2.44. The molecule has 1 spiro atoms. The summed E-state index contributed by atoms with van der Waals surface area (Å²) < 4.78 is 0. The normalized spacial score (nSPS) is 22.0. The van der Waals surface area contributed by atoms with E-state index < -0.39 is 5.54 Å². The second-order valence-corrected chi connectivity index (χ2v) is 8.12. The summed E-state index contributed by atoms with van der Waals surface area (Å²) in [7, 11) is 0. The van der Waals surface area contributed by atoms with Crippen LogP contribution in [0.25, 0.3) is 11.0 Å². The average molecular weight is 388 g/mol. The molecule has 1 N–H and O–H groups in total. The monoisotopic (exact) mass is 388 g/mol. The Bertz CT molecular complexity index is 1090. The summed E-state index contributed by atoms with van der Waals surface area (Å²) in [6.45, 7) is 3.36. The Labute approximate surface area is 169 Å². The fourth-order valence-electron chi connectivity index (χ4n) is 4.84. The summed E-state index contributed by atoms with van der Waals surface area (Å²) in [5, 5.41) is 0. The molecule has 3 aromatic rings. The highest BCUT2D eigenvalue weighted by atomic mass is 16.2. The molecule has 2 aliphatic rings. The highest BCUT2D eigenvalue weighted by Crippen LogP contribution is 2.40. The Kier molecular flexibility index (Phi) is 4.15. The molecule has 0 bridgehead atoms. The van der Waals surface area contributed by atoms with Gasteiger partial charge in [-0.15, -0.1) is 0 Å². The molecule has 0 radical (unpaired) electrons. The quantitative estimate of drug-likeness (QED) is 0.728. The topological polar surface area (TPSA) is 69.3 Å². The molecule has 3 heterocycles. The van der Waals surface area contributed by atoms with E-state index in [-0.39, 0.29) is 11.8 Å². The van der Waals surface area contributed by atoms with Crippen LogP contribution in [-0.2, 0) is 4.79 Å². The zero-order chi connectivity index (χ0) is 20.0. The third-order valence-corrected chi connectivity index (χ3v) is 6.36. The summed E-state index contributed by atoms with van der Waals surface area (Å²) in [4.78, 5) is 38.1. The van der Waals surface area contributed by atoms with Crippen LogP contribution in [0.2, 0.25) is 0 Å². The number of hydrogen-bond acceptors (Lipinski definition) is 3. The minimum absolute atomic E-state index is 0.0565. The number of carbonyl (C=O) groups is 2. The maximum atomic E-state index is 13.7. The SMILES string of the molecule is Cc1ccc(N2CCCC3(CCCN3C(=O)c3ccc4nc[nH]c4c3)C2=O)cc1. The van der Waals surface area contributed by atoms with Crippen molar-refractivity contribution in [3.8, 4) is 0 Å². The Morgan fingerprint density at radius 3 is 2.62 bits per heavy atom. The number of benzene rings is 2. The van der Waals surface area contributed by atoms with Crippen LogP contribution in [0.4, 0.5) is 5.69 Å². The number of nitrogens with one attached hydrogen (secondary N) is 1. The van der Waals surface area contributed by atoms with Gasteiger partial charge in [-0.2, -0.15) is 0 Å². The molecule has 5 rings (SSSR count). The molecular formula is C23H24N4O2. The minimum atomic E-state index is -0.733. The van der Waals surface area contributed by atoms with Crippen LogP contribution in [0.1, 0.15) is 41.6 Å². The number of aryl methyl sites for hydroxylation is 1. The van der Waals surface area contributed by atoms with Gasteiger partial charge in [0.2, 0.25) is 0 Å². The zero-order valence-corrected chi connectivity index (χ0v) is 16.5. The molecule has 2 aromatic carbocycles. The van der Waals surface area contributed by atoms with Gasteiger partial charge in [-0.25, -0.2) is 4.98 Å². The number of anilines is 1. The van der Waals surface area contributed by atoms with Crippen molar-refractivity contribution in [2.45, 2.75) is 38.1 Å². The van der Waals surface area contributed by atoms with Crippen molar-refractivity contribution in [3.05, 3.63) is 59.9 Å².